The fourth-order valence-electron chi connectivity index (χ4n) is 5.59. The van der Waals surface area contributed by atoms with Crippen molar-refractivity contribution >= 4 is 109 Å². The van der Waals surface area contributed by atoms with Gasteiger partial charge in [0.25, 0.3) is 5.91 Å². The Kier molecular flexibility index (Phi) is 12.5. The number of benzene rings is 3. The van der Waals surface area contributed by atoms with Gasteiger partial charge < -0.3 is 20.1 Å². The van der Waals surface area contributed by atoms with E-state index in [1.165, 1.54) is 23.5 Å². The zero-order valence-electron chi connectivity index (χ0n) is 31.8. The molecule has 1 unspecified atom stereocenters. The average Bonchev–Trinajstić information content (AvgIpc) is 3.72. The van der Waals surface area contributed by atoms with Gasteiger partial charge in [-0.2, -0.15) is 0 Å². The Morgan fingerprint density at radius 1 is 0.947 bits per heavy atom. The topological polar surface area (TPSA) is 164 Å². The molecule has 2 aliphatic rings. The molecule has 0 spiro atoms. The fraction of sp³-hybridized carbons (Fsp3) is 0.275. The summed E-state index contributed by atoms with van der Waals surface area (Å²) in [4.78, 5) is 65.3. The maximum atomic E-state index is 13.8. The van der Waals surface area contributed by atoms with Crippen LogP contribution in [-0.4, -0.2) is 55.6 Å². The minimum Gasteiger partial charge on any atom is -0.443 e. The van der Waals surface area contributed by atoms with Gasteiger partial charge in [0.1, 0.15) is 12.7 Å². The molecule has 3 N–H and O–H groups in total. The van der Waals surface area contributed by atoms with Crippen LogP contribution in [0.25, 0.3) is 17.0 Å². The van der Waals surface area contributed by atoms with Crippen LogP contribution in [0.1, 0.15) is 64.3 Å². The number of fused-ring (bicyclic) bond motifs is 1. The maximum Gasteiger partial charge on any atom is 0.429 e. The van der Waals surface area contributed by atoms with Gasteiger partial charge in [-0.15, -0.1) is 0 Å². The molecule has 0 aliphatic carbocycles. The lowest BCUT2D eigenvalue weighted by atomic mass is 9.84. The summed E-state index contributed by atoms with van der Waals surface area (Å²) in [6.07, 6.45) is 0.978. The summed E-state index contributed by atoms with van der Waals surface area (Å²) in [6.45, 7) is 10.7. The number of ether oxygens (including phenoxy) is 2. The maximum absolute atomic E-state index is 13.8. The molecule has 6 rings (SSSR count). The van der Waals surface area contributed by atoms with Gasteiger partial charge in [-0.25, -0.2) is 30.0 Å². The zero-order chi connectivity index (χ0) is 41.1. The number of nitrogens with one attached hydrogen (secondary N) is 3. The zero-order valence-corrected chi connectivity index (χ0v) is 35.0. The molecular weight excluding hydrogens is 810 g/mol. The van der Waals surface area contributed by atoms with E-state index in [0.29, 0.717) is 47.8 Å². The number of hydrogen-bond donors (Lipinski definition) is 3. The molecular formula is C40H39Cl2N7O6S2. The predicted octanol–water partition coefficient (Wildman–Crippen LogP) is 9.45. The summed E-state index contributed by atoms with van der Waals surface area (Å²) in [6, 6.07) is 19.6. The number of carbonyl (C=O) groups is 4. The van der Waals surface area contributed by atoms with E-state index in [0.717, 1.165) is 21.5 Å². The number of halogens is 2. The van der Waals surface area contributed by atoms with Crippen molar-refractivity contribution in [1.29, 1.82) is 0 Å². The summed E-state index contributed by atoms with van der Waals surface area (Å²) >= 11 is 15.4. The van der Waals surface area contributed by atoms with E-state index in [2.05, 4.69) is 31.0 Å². The van der Waals surface area contributed by atoms with Crippen LogP contribution in [-0.2, 0) is 25.7 Å². The third-order valence-electron chi connectivity index (χ3n) is 8.32. The molecule has 1 atom stereocenters. The smallest absolute Gasteiger partial charge is 0.429 e. The van der Waals surface area contributed by atoms with E-state index in [-0.39, 0.29) is 24.2 Å². The van der Waals surface area contributed by atoms with Crippen LogP contribution in [0, 0.1) is 5.41 Å². The van der Waals surface area contributed by atoms with Crippen molar-refractivity contribution in [2.45, 2.75) is 59.8 Å². The quantitative estimate of drug-likeness (QED) is 0.121. The highest BCUT2D eigenvalue weighted by Crippen LogP contribution is 2.40. The first kappa shape index (κ1) is 41.5. The van der Waals surface area contributed by atoms with Gasteiger partial charge in [0.05, 0.1) is 43.1 Å². The Morgan fingerprint density at radius 2 is 1.67 bits per heavy atom. The van der Waals surface area contributed by atoms with E-state index < -0.39 is 29.2 Å². The van der Waals surface area contributed by atoms with E-state index in [1.807, 2.05) is 51.1 Å². The number of hydrogen-bond acceptors (Lipinski definition) is 11. The summed E-state index contributed by atoms with van der Waals surface area (Å²) in [7, 11) is 0. The van der Waals surface area contributed by atoms with E-state index in [1.54, 1.807) is 69.4 Å². The second-order valence-electron chi connectivity index (χ2n) is 15.0. The van der Waals surface area contributed by atoms with Crippen LogP contribution in [0.5, 0.6) is 0 Å². The number of amidine groups is 2. The second-order valence-corrected chi connectivity index (χ2v) is 17.8. The highest BCUT2D eigenvalue weighted by atomic mass is 35.5. The highest BCUT2D eigenvalue weighted by Gasteiger charge is 2.37. The van der Waals surface area contributed by atoms with Crippen molar-refractivity contribution in [1.82, 2.24) is 26.1 Å². The van der Waals surface area contributed by atoms with Gasteiger partial charge in [0.2, 0.25) is 5.91 Å². The van der Waals surface area contributed by atoms with Gasteiger partial charge in [0.15, 0.2) is 10.3 Å². The van der Waals surface area contributed by atoms with Crippen molar-refractivity contribution in [3.05, 3.63) is 105 Å². The number of hydrazine groups is 1. The molecule has 2 aliphatic heterocycles. The molecule has 0 radical (unpaired) electrons. The van der Waals surface area contributed by atoms with Crippen molar-refractivity contribution in [2.24, 2.45) is 15.4 Å². The van der Waals surface area contributed by atoms with Crippen molar-refractivity contribution < 1.29 is 28.7 Å². The first-order valence-corrected chi connectivity index (χ1v) is 20.2. The first-order chi connectivity index (χ1) is 26.9. The SMILES string of the molecule is CC(C)(C)C(OC(=O)N(NC(=O)OCc1ccc(Cl)c(N=C2NC(=O)/C(=C/c3ccc4ncccc4c3)S2)c1)C(C)(C)C)c1ccc(Cl)c(N=C2NC(=O)CS2)c1. The molecule has 57 heavy (non-hydrogen) atoms. The minimum atomic E-state index is -0.931. The Balaban J connectivity index is 1.11. The molecule has 4 aromatic rings. The molecule has 2 saturated heterocycles. The van der Waals surface area contributed by atoms with Gasteiger partial charge >= 0.3 is 12.2 Å². The monoisotopic (exact) mass is 847 g/mol. The van der Waals surface area contributed by atoms with Gasteiger partial charge in [-0.05, 0) is 97.8 Å². The lowest BCUT2D eigenvalue weighted by Gasteiger charge is -2.37. The number of aliphatic imine (C=N–C) groups is 2. The molecule has 1 aromatic heterocycles. The lowest BCUT2D eigenvalue weighted by molar-refractivity contribution is -0.117. The summed E-state index contributed by atoms with van der Waals surface area (Å²) < 4.78 is 11.6. The van der Waals surface area contributed by atoms with E-state index in [9.17, 15) is 19.2 Å². The molecule has 296 valence electrons. The van der Waals surface area contributed by atoms with Crippen molar-refractivity contribution in [2.75, 3.05) is 5.75 Å². The fourth-order valence-corrected chi connectivity index (χ4v) is 7.43. The summed E-state index contributed by atoms with van der Waals surface area (Å²) in [5, 5.41) is 8.92. The van der Waals surface area contributed by atoms with Crippen LogP contribution < -0.4 is 16.1 Å². The molecule has 4 amide bonds. The Hall–Kier alpha value is -5.09. The Bertz CT molecular complexity index is 2360. The minimum absolute atomic E-state index is 0.151. The van der Waals surface area contributed by atoms with E-state index in [4.69, 9.17) is 32.7 Å². The Morgan fingerprint density at radius 3 is 2.37 bits per heavy atom. The summed E-state index contributed by atoms with van der Waals surface area (Å²) in [5.74, 6) is -0.184. The van der Waals surface area contributed by atoms with Crippen LogP contribution in [0.3, 0.4) is 0 Å². The normalized spacial score (nSPS) is 17.2. The standard InChI is InChI=1S/C40H39Cl2N7O6S2/c1-39(2,3)33(25-11-13-27(42)30(19-25)44-35-46-32(50)21-56-35)55-38(53)49(40(4,5)6)48-37(52)54-20-23-9-12-26(41)29(17-23)45-36-47-34(51)31(57-36)18-22-10-14-28-24(16-22)8-7-15-43-28/h7-19,33H,20-21H2,1-6H3,(H,48,52)(H,44,46,50)(H,45,47,51)/b31-18-. The lowest BCUT2D eigenvalue weighted by Crippen LogP contribution is -2.56. The first-order valence-electron chi connectivity index (χ1n) is 17.6. The number of rotatable bonds is 7. The largest absolute Gasteiger partial charge is 0.443 e. The van der Waals surface area contributed by atoms with Gasteiger partial charge in [-0.1, -0.05) is 80.0 Å². The Labute approximate surface area is 348 Å². The van der Waals surface area contributed by atoms with Crippen LogP contribution in [0.2, 0.25) is 10.0 Å². The third kappa shape index (κ3) is 10.7. The highest BCUT2D eigenvalue weighted by molar-refractivity contribution is 8.18. The van der Waals surface area contributed by atoms with Crippen LogP contribution >= 0.6 is 46.7 Å². The second kappa shape index (κ2) is 17.2. The molecule has 13 nitrogen and oxygen atoms in total. The molecule has 3 heterocycles. The molecule has 3 aromatic carbocycles. The number of amides is 4. The average molecular weight is 849 g/mol. The number of thioether (sulfide) groups is 2. The number of carbonyl (C=O) groups excluding carboxylic acids is 4. The van der Waals surface area contributed by atoms with Crippen molar-refractivity contribution in [3.63, 3.8) is 0 Å². The van der Waals surface area contributed by atoms with Crippen molar-refractivity contribution in [3.8, 4) is 0 Å². The van der Waals surface area contributed by atoms with Gasteiger partial charge in [0, 0.05) is 17.0 Å². The molecule has 17 heteroatoms. The van der Waals surface area contributed by atoms with Gasteiger partial charge in [-0.3, -0.25) is 14.6 Å². The molecule has 0 bridgehead atoms. The number of nitrogens with zero attached hydrogens (tertiary/aromatic N) is 4. The number of aromatic nitrogens is 1. The number of pyridine rings is 1. The van der Waals surface area contributed by atoms with E-state index >= 15 is 0 Å². The summed E-state index contributed by atoms with van der Waals surface area (Å²) in [5.41, 5.74) is 4.62. The third-order valence-corrected chi connectivity index (χ3v) is 10.7. The van der Waals surface area contributed by atoms with Crippen LogP contribution in [0.15, 0.2) is 87.8 Å². The molecule has 0 saturated carbocycles. The molecule has 2 fully saturated rings. The van der Waals surface area contributed by atoms with Crippen LogP contribution in [0.4, 0.5) is 21.0 Å². The predicted molar refractivity (Wildman–Crippen MR) is 227 cm³/mol.